The van der Waals surface area contributed by atoms with E-state index in [-0.39, 0.29) is 19.0 Å². The molecule has 0 aliphatic rings. The van der Waals surface area contributed by atoms with E-state index in [1.165, 1.54) is 26.4 Å². The normalized spacial score (nSPS) is 10.0. The van der Waals surface area contributed by atoms with Gasteiger partial charge in [0.25, 0.3) is 0 Å². The van der Waals surface area contributed by atoms with Crippen molar-refractivity contribution in [1.29, 1.82) is 0 Å². The van der Waals surface area contributed by atoms with Crippen LogP contribution in [-0.2, 0) is 4.74 Å². The van der Waals surface area contributed by atoms with Crippen LogP contribution in [0.2, 0.25) is 0 Å². The Kier molecular flexibility index (Phi) is 5.80. The van der Waals surface area contributed by atoms with Crippen molar-refractivity contribution in [3.05, 3.63) is 53.8 Å². The number of para-hydroxylation sites is 1. The summed E-state index contributed by atoms with van der Waals surface area (Å²) in [6.07, 6.45) is 0. The van der Waals surface area contributed by atoms with E-state index in [0.717, 1.165) is 0 Å². The van der Waals surface area contributed by atoms with Crippen molar-refractivity contribution in [1.82, 2.24) is 0 Å². The first kappa shape index (κ1) is 16.6. The number of rotatable bonds is 7. The zero-order valence-electron chi connectivity index (χ0n) is 12.9. The van der Waals surface area contributed by atoms with Crippen molar-refractivity contribution in [2.45, 2.75) is 0 Å². The van der Waals surface area contributed by atoms with Crippen LogP contribution < -0.4 is 14.2 Å². The lowest BCUT2D eigenvalue weighted by Crippen LogP contribution is -2.10. The Hall–Kier alpha value is -2.76. The van der Waals surface area contributed by atoms with Gasteiger partial charge >= 0.3 is 5.97 Å². The lowest BCUT2D eigenvalue weighted by Gasteiger charge is -2.12. The van der Waals surface area contributed by atoms with Crippen molar-refractivity contribution in [2.75, 3.05) is 27.4 Å². The number of methoxy groups -OCH3 is 2. The number of hydrogen-bond acceptors (Lipinski definition) is 5. The lowest BCUT2D eigenvalue weighted by molar-refractivity contribution is 0.0600. The summed E-state index contributed by atoms with van der Waals surface area (Å²) >= 11 is 0. The molecule has 2 aromatic rings. The molecule has 0 fully saturated rings. The maximum Gasteiger partial charge on any atom is 0.337 e. The van der Waals surface area contributed by atoms with Gasteiger partial charge in [0.2, 0.25) is 0 Å². The smallest absolute Gasteiger partial charge is 0.337 e. The largest absolute Gasteiger partial charge is 0.493 e. The first-order valence-corrected chi connectivity index (χ1v) is 6.92. The highest BCUT2D eigenvalue weighted by Crippen LogP contribution is 2.28. The molecule has 0 radical (unpaired) electrons. The average Bonchev–Trinajstić information content (AvgIpc) is 2.59. The molecule has 0 spiro atoms. The molecule has 0 aromatic heterocycles. The van der Waals surface area contributed by atoms with E-state index in [0.29, 0.717) is 17.1 Å². The highest BCUT2D eigenvalue weighted by molar-refractivity contribution is 5.90. The highest BCUT2D eigenvalue weighted by atomic mass is 19.1. The first-order valence-electron chi connectivity index (χ1n) is 6.92. The van der Waals surface area contributed by atoms with Crippen molar-refractivity contribution >= 4 is 5.97 Å². The number of esters is 1. The summed E-state index contributed by atoms with van der Waals surface area (Å²) in [5.74, 6) is 0.144. The van der Waals surface area contributed by atoms with Gasteiger partial charge in [0.05, 0.1) is 19.8 Å². The van der Waals surface area contributed by atoms with Crippen molar-refractivity contribution in [3.63, 3.8) is 0 Å². The molecule has 0 N–H and O–H groups in total. The summed E-state index contributed by atoms with van der Waals surface area (Å²) < 4.78 is 34.0. The molecule has 23 heavy (non-hydrogen) atoms. The zero-order chi connectivity index (χ0) is 16.7. The Bertz CT molecular complexity index is 672. The Morgan fingerprint density at radius 3 is 2.30 bits per heavy atom. The second-order valence-corrected chi connectivity index (χ2v) is 4.48. The molecule has 2 rings (SSSR count). The van der Waals surface area contributed by atoms with E-state index in [4.69, 9.17) is 14.2 Å². The molecule has 0 saturated carbocycles. The Balaban J connectivity index is 1.93. The standard InChI is InChI=1S/C17H17FO5/c1-20-16-11-12(17(19)21-2)7-8-15(16)23-10-9-22-14-6-4-3-5-13(14)18/h3-8,11H,9-10H2,1-2H3. The predicted octanol–water partition coefficient (Wildman–Crippen LogP) is 3.08. The molecule has 0 unspecified atom stereocenters. The predicted molar refractivity (Wildman–Crippen MR) is 81.7 cm³/mol. The van der Waals surface area contributed by atoms with Gasteiger partial charge in [-0.2, -0.15) is 0 Å². The number of benzene rings is 2. The van der Waals surface area contributed by atoms with Crippen LogP contribution in [0.1, 0.15) is 10.4 Å². The fourth-order valence-electron chi connectivity index (χ4n) is 1.90. The quantitative estimate of drug-likeness (QED) is 0.580. The molecule has 0 aliphatic heterocycles. The van der Waals surface area contributed by atoms with Crippen molar-refractivity contribution in [3.8, 4) is 17.2 Å². The molecule has 0 aliphatic carbocycles. The fraction of sp³-hybridized carbons (Fsp3) is 0.235. The number of hydrogen-bond donors (Lipinski definition) is 0. The summed E-state index contributed by atoms with van der Waals surface area (Å²) in [6.45, 7) is 0.366. The van der Waals surface area contributed by atoms with Gasteiger partial charge in [0, 0.05) is 0 Å². The van der Waals surface area contributed by atoms with E-state index in [1.54, 1.807) is 30.3 Å². The molecule has 0 saturated heterocycles. The topological polar surface area (TPSA) is 54.0 Å². The number of carbonyl (C=O) groups is 1. The van der Waals surface area contributed by atoms with Crippen LogP contribution in [0, 0.1) is 5.82 Å². The second kappa shape index (κ2) is 8.03. The Morgan fingerprint density at radius 1 is 0.957 bits per heavy atom. The molecule has 0 bridgehead atoms. The van der Waals surface area contributed by atoms with E-state index in [1.807, 2.05) is 0 Å². The molecule has 0 heterocycles. The minimum Gasteiger partial charge on any atom is -0.493 e. The van der Waals surface area contributed by atoms with Gasteiger partial charge in [0.1, 0.15) is 13.2 Å². The summed E-state index contributed by atoms with van der Waals surface area (Å²) in [5, 5.41) is 0. The van der Waals surface area contributed by atoms with Gasteiger partial charge < -0.3 is 18.9 Å². The van der Waals surface area contributed by atoms with E-state index in [2.05, 4.69) is 4.74 Å². The molecule has 6 heteroatoms. The minimum absolute atomic E-state index is 0.169. The van der Waals surface area contributed by atoms with Crippen LogP contribution in [0.4, 0.5) is 4.39 Å². The number of halogens is 1. The van der Waals surface area contributed by atoms with Crippen molar-refractivity contribution in [2.24, 2.45) is 0 Å². The third-order valence-corrected chi connectivity index (χ3v) is 3.02. The lowest BCUT2D eigenvalue weighted by atomic mass is 10.2. The van der Waals surface area contributed by atoms with E-state index >= 15 is 0 Å². The number of carbonyl (C=O) groups excluding carboxylic acids is 1. The number of ether oxygens (including phenoxy) is 4. The molecular formula is C17H17FO5. The first-order chi connectivity index (χ1) is 11.2. The van der Waals surface area contributed by atoms with Crippen LogP contribution in [0.15, 0.2) is 42.5 Å². The minimum atomic E-state index is -0.460. The Morgan fingerprint density at radius 2 is 1.65 bits per heavy atom. The summed E-state index contributed by atoms with van der Waals surface area (Å²) in [4.78, 5) is 11.5. The van der Waals surface area contributed by atoms with Gasteiger partial charge in [-0.1, -0.05) is 12.1 Å². The van der Waals surface area contributed by atoms with E-state index < -0.39 is 11.8 Å². The highest BCUT2D eigenvalue weighted by Gasteiger charge is 2.11. The molecule has 2 aromatic carbocycles. The van der Waals surface area contributed by atoms with Crippen LogP contribution in [0.3, 0.4) is 0 Å². The van der Waals surface area contributed by atoms with Gasteiger partial charge in [-0.05, 0) is 30.3 Å². The van der Waals surface area contributed by atoms with Gasteiger partial charge in [-0.15, -0.1) is 0 Å². The van der Waals surface area contributed by atoms with E-state index in [9.17, 15) is 9.18 Å². The van der Waals surface area contributed by atoms with Crippen molar-refractivity contribution < 1.29 is 28.1 Å². The third kappa shape index (κ3) is 4.35. The van der Waals surface area contributed by atoms with Crippen LogP contribution in [0.25, 0.3) is 0 Å². The monoisotopic (exact) mass is 320 g/mol. The maximum atomic E-state index is 13.4. The molecule has 0 amide bonds. The molecule has 0 atom stereocenters. The summed E-state index contributed by atoms with van der Waals surface area (Å²) in [5.41, 5.74) is 0.360. The van der Waals surface area contributed by atoms with Gasteiger partial charge in [-0.3, -0.25) is 0 Å². The van der Waals surface area contributed by atoms with Crippen LogP contribution in [-0.4, -0.2) is 33.4 Å². The molecule has 122 valence electrons. The summed E-state index contributed by atoms with van der Waals surface area (Å²) in [6, 6.07) is 10.8. The van der Waals surface area contributed by atoms with Crippen LogP contribution in [0.5, 0.6) is 17.2 Å². The average molecular weight is 320 g/mol. The molecular weight excluding hydrogens is 303 g/mol. The second-order valence-electron chi connectivity index (χ2n) is 4.48. The molecule has 5 nitrogen and oxygen atoms in total. The SMILES string of the molecule is COC(=O)c1ccc(OCCOc2ccccc2F)c(OC)c1. The summed E-state index contributed by atoms with van der Waals surface area (Å²) in [7, 11) is 2.78. The Labute approximate surface area is 133 Å². The third-order valence-electron chi connectivity index (χ3n) is 3.02. The van der Waals surface area contributed by atoms with Gasteiger partial charge in [0.15, 0.2) is 23.1 Å². The van der Waals surface area contributed by atoms with Gasteiger partial charge in [-0.25, -0.2) is 9.18 Å². The fourth-order valence-corrected chi connectivity index (χ4v) is 1.90. The maximum absolute atomic E-state index is 13.4. The van der Waals surface area contributed by atoms with Crippen LogP contribution >= 0.6 is 0 Å². The zero-order valence-corrected chi connectivity index (χ0v) is 12.9.